The highest BCUT2D eigenvalue weighted by atomic mass is 35.5. The fourth-order valence-electron chi connectivity index (χ4n) is 3.15. The van der Waals surface area contributed by atoms with Crippen LogP contribution in [-0.2, 0) is 6.61 Å². The maximum atomic E-state index is 13.0. The third-order valence-corrected chi connectivity index (χ3v) is 5.07. The van der Waals surface area contributed by atoms with Crippen molar-refractivity contribution in [1.82, 2.24) is 5.16 Å². The molecule has 0 unspecified atom stereocenters. The molecule has 0 bridgehead atoms. The largest absolute Gasteiger partial charge is 0.489 e. The Morgan fingerprint density at radius 2 is 1.69 bits per heavy atom. The molecule has 1 heterocycles. The van der Waals surface area contributed by atoms with Gasteiger partial charge in [0.15, 0.2) is 11.5 Å². The van der Waals surface area contributed by atoms with Gasteiger partial charge in [-0.05, 0) is 37.3 Å². The minimum Gasteiger partial charge on any atom is -0.489 e. The van der Waals surface area contributed by atoms with Crippen LogP contribution in [0, 0.1) is 6.92 Å². The maximum absolute atomic E-state index is 13.0. The third-order valence-electron chi connectivity index (χ3n) is 4.84. The van der Waals surface area contributed by atoms with Gasteiger partial charge in [0.2, 0.25) is 0 Å². The predicted molar refractivity (Wildman–Crippen MR) is 121 cm³/mol. The van der Waals surface area contributed by atoms with E-state index in [0.29, 0.717) is 33.3 Å². The topological polar surface area (TPSA) is 81.4 Å². The fraction of sp³-hybridized carbons (Fsp3) is 0.0800. The molecule has 160 valence electrons. The van der Waals surface area contributed by atoms with Crippen LogP contribution in [0.5, 0.6) is 5.75 Å². The van der Waals surface area contributed by atoms with Gasteiger partial charge in [0, 0.05) is 16.1 Å². The second-order valence-corrected chi connectivity index (χ2v) is 7.44. The Balaban J connectivity index is 1.58. The number of rotatable bonds is 7. The average molecular weight is 447 g/mol. The molecule has 1 aromatic heterocycles. The molecule has 32 heavy (non-hydrogen) atoms. The Kier molecular flexibility index (Phi) is 6.33. The summed E-state index contributed by atoms with van der Waals surface area (Å²) in [4.78, 5) is 26.0. The van der Waals surface area contributed by atoms with Crippen LogP contribution in [0.4, 0.5) is 5.69 Å². The zero-order valence-electron chi connectivity index (χ0n) is 17.2. The first-order valence-corrected chi connectivity index (χ1v) is 10.2. The lowest BCUT2D eigenvalue weighted by Crippen LogP contribution is -2.18. The molecule has 1 N–H and O–H groups in total. The quantitative estimate of drug-likeness (QED) is 0.368. The van der Waals surface area contributed by atoms with Gasteiger partial charge in [-0.25, -0.2) is 0 Å². The Hall–Kier alpha value is -3.90. The van der Waals surface area contributed by atoms with Crippen LogP contribution >= 0.6 is 11.6 Å². The van der Waals surface area contributed by atoms with E-state index in [1.165, 1.54) is 6.07 Å². The summed E-state index contributed by atoms with van der Waals surface area (Å²) in [5.74, 6) is 0.362. The molecule has 0 radical (unpaired) electrons. The molecule has 0 aliphatic carbocycles. The van der Waals surface area contributed by atoms with E-state index in [1.54, 1.807) is 43.3 Å². The molecule has 0 fully saturated rings. The summed E-state index contributed by atoms with van der Waals surface area (Å²) in [7, 11) is 0. The van der Waals surface area contributed by atoms with Crippen molar-refractivity contribution in [3.8, 4) is 5.75 Å². The van der Waals surface area contributed by atoms with E-state index in [-0.39, 0.29) is 23.6 Å². The average Bonchev–Trinajstić information content (AvgIpc) is 3.20. The number of amides is 1. The van der Waals surface area contributed by atoms with Gasteiger partial charge in [0.25, 0.3) is 5.91 Å². The number of aryl methyl sites for hydroxylation is 1. The molecule has 0 aliphatic rings. The van der Waals surface area contributed by atoms with Gasteiger partial charge in [0.05, 0.1) is 11.3 Å². The number of ketones is 1. The van der Waals surface area contributed by atoms with Crippen molar-refractivity contribution in [3.05, 3.63) is 112 Å². The predicted octanol–water partition coefficient (Wildman–Crippen LogP) is 5.70. The molecule has 1 amide bonds. The van der Waals surface area contributed by atoms with E-state index in [1.807, 2.05) is 36.4 Å². The summed E-state index contributed by atoms with van der Waals surface area (Å²) >= 11 is 6.12. The second-order valence-electron chi connectivity index (χ2n) is 7.01. The second kappa shape index (κ2) is 9.49. The van der Waals surface area contributed by atoms with Crippen LogP contribution in [0.2, 0.25) is 5.02 Å². The monoisotopic (exact) mass is 446 g/mol. The first kappa shape index (κ1) is 21.3. The van der Waals surface area contributed by atoms with Crippen molar-refractivity contribution in [3.63, 3.8) is 0 Å². The molecule has 0 atom stereocenters. The van der Waals surface area contributed by atoms with E-state index < -0.39 is 5.91 Å². The van der Waals surface area contributed by atoms with Crippen molar-refractivity contribution < 1.29 is 18.8 Å². The Morgan fingerprint density at radius 3 is 2.41 bits per heavy atom. The number of ether oxygens (including phenoxy) is 1. The number of anilines is 1. The molecule has 4 rings (SSSR count). The standard InChI is InChI=1S/C25H19ClN2O4/c1-16-21(15-31-19-10-6-3-7-11-19)23(28-32-16)25(30)27-22-13-12-18(26)14-20(22)24(29)17-8-4-2-5-9-17/h2-14H,15H2,1H3,(H,27,30). The Labute approximate surface area is 189 Å². The lowest BCUT2D eigenvalue weighted by Gasteiger charge is -2.11. The van der Waals surface area contributed by atoms with E-state index in [9.17, 15) is 9.59 Å². The first-order valence-electron chi connectivity index (χ1n) is 9.86. The van der Waals surface area contributed by atoms with Crippen LogP contribution in [0.3, 0.4) is 0 Å². The van der Waals surface area contributed by atoms with Crippen molar-refractivity contribution in [2.24, 2.45) is 0 Å². The number of para-hydroxylation sites is 1. The van der Waals surface area contributed by atoms with Crippen molar-refractivity contribution in [1.29, 1.82) is 0 Å². The van der Waals surface area contributed by atoms with Gasteiger partial charge < -0.3 is 14.6 Å². The molecule has 3 aromatic carbocycles. The number of nitrogens with zero attached hydrogens (tertiary/aromatic N) is 1. The number of halogens is 1. The fourth-order valence-corrected chi connectivity index (χ4v) is 3.32. The summed E-state index contributed by atoms with van der Waals surface area (Å²) in [6.45, 7) is 1.82. The summed E-state index contributed by atoms with van der Waals surface area (Å²) in [6.07, 6.45) is 0. The Bertz CT molecular complexity index is 1250. The summed E-state index contributed by atoms with van der Waals surface area (Å²) in [5.41, 5.74) is 1.70. The van der Waals surface area contributed by atoms with Gasteiger partial charge in [0.1, 0.15) is 18.1 Å². The number of nitrogens with one attached hydrogen (secondary N) is 1. The summed E-state index contributed by atoms with van der Waals surface area (Å²) < 4.78 is 11.0. The van der Waals surface area contributed by atoms with Gasteiger partial charge in [-0.15, -0.1) is 0 Å². The SMILES string of the molecule is Cc1onc(C(=O)Nc2ccc(Cl)cc2C(=O)c2ccccc2)c1COc1ccccc1. The highest BCUT2D eigenvalue weighted by Crippen LogP contribution is 2.25. The van der Waals surface area contributed by atoms with E-state index >= 15 is 0 Å². The molecular weight excluding hydrogens is 428 g/mol. The highest BCUT2D eigenvalue weighted by molar-refractivity contribution is 6.31. The molecule has 0 saturated carbocycles. The summed E-state index contributed by atoms with van der Waals surface area (Å²) in [6, 6.07) is 22.7. The van der Waals surface area contributed by atoms with E-state index in [4.69, 9.17) is 20.9 Å². The van der Waals surface area contributed by atoms with Crippen LogP contribution in [0.1, 0.15) is 37.7 Å². The lowest BCUT2D eigenvalue weighted by atomic mass is 10.0. The molecule has 0 aliphatic heterocycles. The lowest BCUT2D eigenvalue weighted by molar-refractivity contribution is 0.101. The van der Waals surface area contributed by atoms with E-state index in [2.05, 4.69) is 10.5 Å². The summed E-state index contributed by atoms with van der Waals surface area (Å²) in [5, 5.41) is 7.04. The number of carbonyl (C=O) groups excluding carboxylic acids is 2. The smallest absolute Gasteiger partial charge is 0.278 e. The number of aromatic nitrogens is 1. The van der Waals surface area contributed by atoms with Gasteiger partial charge in [-0.2, -0.15) is 0 Å². The number of hydrogen-bond acceptors (Lipinski definition) is 5. The van der Waals surface area contributed by atoms with E-state index in [0.717, 1.165) is 0 Å². The molecule has 4 aromatic rings. The molecular formula is C25H19ClN2O4. The zero-order valence-corrected chi connectivity index (χ0v) is 17.9. The number of hydrogen-bond donors (Lipinski definition) is 1. The third kappa shape index (κ3) is 4.71. The minimum absolute atomic E-state index is 0.0893. The van der Waals surface area contributed by atoms with Gasteiger partial charge >= 0.3 is 0 Å². The number of carbonyl (C=O) groups is 2. The van der Waals surface area contributed by atoms with Crippen molar-refractivity contribution >= 4 is 29.0 Å². The van der Waals surface area contributed by atoms with Crippen LogP contribution in [0.15, 0.2) is 83.4 Å². The molecule has 0 saturated heterocycles. The highest BCUT2D eigenvalue weighted by Gasteiger charge is 2.23. The Morgan fingerprint density at radius 1 is 1.00 bits per heavy atom. The van der Waals surface area contributed by atoms with Crippen molar-refractivity contribution in [2.75, 3.05) is 5.32 Å². The zero-order chi connectivity index (χ0) is 22.5. The van der Waals surface area contributed by atoms with Crippen molar-refractivity contribution in [2.45, 2.75) is 13.5 Å². The van der Waals surface area contributed by atoms with Gasteiger partial charge in [-0.1, -0.05) is 65.3 Å². The molecule has 0 spiro atoms. The first-order chi connectivity index (χ1) is 15.5. The van der Waals surface area contributed by atoms with Crippen LogP contribution in [-0.4, -0.2) is 16.8 Å². The minimum atomic E-state index is -0.516. The van der Waals surface area contributed by atoms with Gasteiger partial charge in [-0.3, -0.25) is 9.59 Å². The molecule has 7 heteroatoms. The molecule has 6 nitrogen and oxygen atoms in total. The number of benzene rings is 3. The normalized spacial score (nSPS) is 10.6. The van der Waals surface area contributed by atoms with Crippen LogP contribution in [0.25, 0.3) is 0 Å². The van der Waals surface area contributed by atoms with Crippen LogP contribution < -0.4 is 10.1 Å². The maximum Gasteiger partial charge on any atom is 0.278 e.